The van der Waals surface area contributed by atoms with E-state index in [4.69, 9.17) is 21.1 Å². The van der Waals surface area contributed by atoms with Gasteiger partial charge in [-0.15, -0.1) is 0 Å². The van der Waals surface area contributed by atoms with E-state index in [0.717, 1.165) is 10.9 Å². The minimum absolute atomic E-state index is 0.529. The molecule has 15 heavy (non-hydrogen) atoms. The fraction of sp³-hybridized carbons (Fsp3) is 0.455. The first-order valence-corrected chi connectivity index (χ1v) is 6.32. The van der Waals surface area contributed by atoms with Gasteiger partial charge >= 0.3 is 0 Å². The SMILES string of the molecule is CCOCCOc1ccc(CBr)cc1Cl. The molecule has 0 N–H and O–H groups in total. The molecule has 0 fully saturated rings. The summed E-state index contributed by atoms with van der Waals surface area (Å²) >= 11 is 9.40. The van der Waals surface area contributed by atoms with Gasteiger partial charge in [0.25, 0.3) is 0 Å². The predicted octanol–water partition coefficient (Wildman–Crippen LogP) is 3.65. The van der Waals surface area contributed by atoms with Crippen molar-refractivity contribution in [1.82, 2.24) is 0 Å². The molecule has 0 bridgehead atoms. The Labute approximate surface area is 104 Å². The average molecular weight is 294 g/mol. The van der Waals surface area contributed by atoms with Gasteiger partial charge in [0.05, 0.1) is 11.6 Å². The molecule has 0 amide bonds. The van der Waals surface area contributed by atoms with E-state index in [9.17, 15) is 0 Å². The maximum absolute atomic E-state index is 6.03. The number of rotatable bonds is 6. The molecule has 84 valence electrons. The van der Waals surface area contributed by atoms with Crippen LogP contribution in [0.5, 0.6) is 5.75 Å². The predicted molar refractivity (Wildman–Crippen MR) is 66.1 cm³/mol. The van der Waals surface area contributed by atoms with Crippen LogP contribution in [0, 0.1) is 0 Å². The molecule has 0 atom stereocenters. The highest BCUT2D eigenvalue weighted by Gasteiger charge is 2.02. The van der Waals surface area contributed by atoms with E-state index in [1.165, 1.54) is 0 Å². The Bertz CT molecular complexity index is 305. The molecular formula is C11H14BrClO2. The molecule has 1 aromatic carbocycles. The fourth-order valence-electron chi connectivity index (χ4n) is 1.10. The molecule has 0 unspecified atom stereocenters. The second-order valence-corrected chi connectivity index (χ2v) is 3.91. The van der Waals surface area contributed by atoms with Gasteiger partial charge in [0, 0.05) is 11.9 Å². The topological polar surface area (TPSA) is 18.5 Å². The molecular weight excluding hydrogens is 279 g/mol. The lowest BCUT2D eigenvalue weighted by Crippen LogP contribution is -2.06. The quantitative estimate of drug-likeness (QED) is 0.589. The Morgan fingerprint density at radius 2 is 2.13 bits per heavy atom. The van der Waals surface area contributed by atoms with Crippen LogP contribution >= 0.6 is 27.5 Å². The molecule has 1 aromatic rings. The van der Waals surface area contributed by atoms with Gasteiger partial charge in [-0.25, -0.2) is 0 Å². The van der Waals surface area contributed by atoms with E-state index < -0.39 is 0 Å². The summed E-state index contributed by atoms with van der Waals surface area (Å²) in [5.41, 5.74) is 1.14. The van der Waals surface area contributed by atoms with Crippen molar-refractivity contribution >= 4 is 27.5 Å². The minimum Gasteiger partial charge on any atom is -0.490 e. The molecule has 2 nitrogen and oxygen atoms in total. The highest BCUT2D eigenvalue weighted by molar-refractivity contribution is 9.08. The summed E-state index contributed by atoms with van der Waals surface area (Å²) in [6.07, 6.45) is 0. The van der Waals surface area contributed by atoms with Crippen LogP contribution in [0.4, 0.5) is 0 Å². The zero-order valence-electron chi connectivity index (χ0n) is 8.63. The molecule has 0 aliphatic carbocycles. The Morgan fingerprint density at radius 3 is 2.73 bits per heavy atom. The Hall–Kier alpha value is -0.250. The van der Waals surface area contributed by atoms with E-state index in [1.807, 2.05) is 25.1 Å². The summed E-state index contributed by atoms with van der Waals surface area (Å²) in [6, 6.07) is 5.76. The summed E-state index contributed by atoms with van der Waals surface area (Å²) in [5, 5.41) is 1.44. The van der Waals surface area contributed by atoms with Crippen LogP contribution in [0.15, 0.2) is 18.2 Å². The van der Waals surface area contributed by atoms with Crippen LogP contribution in [0.1, 0.15) is 12.5 Å². The second kappa shape index (κ2) is 7.09. The van der Waals surface area contributed by atoms with Crippen LogP contribution in [0.25, 0.3) is 0 Å². The largest absolute Gasteiger partial charge is 0.490 e. The van der Waals surface area contributed by atoms with E-state index in [-0.39, 0.29) is 0 Å². The van der Waals surface area contributed by atoms with E-state index in [2.05, 4.69) is 15.9 Å². The molecule has 0 saturated heterocycles. The van der Waals surface area contributed by atoms with Gasteiger partial charge < -0.3 is 9.47 Å². The van der Waals surface area contributed by atoms with E-state index >= 15 is 0 Å². The maximum atomic E-state index is 6.03. The number of benzene rings is 1. The lowest BCUT2D eigenvalue weighted by atomic mass is 10.2. The van der Waals surface area contributed by atoms with Gasteiger partial charge in [-0.05, 0) is 24.6 Å². The molecule has 1 rings (SSSR count). The Balaban J connectivity index is 2.47. The summed E-state index contributed by atoms with van der Waals surface area (Å²) < 4.78 is 10.6. The van der Waals surface area contributed by atoms with Crippen molar-refractivity contribution in [3.05, 3.63) is 28.8 Å². The third kappa shape index (κ3) is 4.41. The molecule has 0 spiro atoms. The van der Waals surface area contributed by atoms with Crippen LogP contribution < -0.4 is 4.74 Å². The van der Waals surface area contributed by atoms with Crippen LogP contribution in [-0.2, 0) is 10.1 Å². The molecule has 0 heterocycles. The lowest BCUT2D eigenvalue weighted by Gasteiger charge is -2.08. The number of ether oxygens (including phenoxy) is 2. The summed E-state index contributed by atoms with van der Waals surface area (Å²) in [4.78, 5) is 0. The Morgan fingerprint density at radius 1 is 1.33 bits per heavy atom. The molecule has 0 saturated carbocycles. The van der Waals surface area contributed by atoms with Crippen molar-refractivity contribution in [3.8, 4) is 5.75 Å². The van der Waals surface area contributed by atoms with Gasteiger partial charge in [-0.3, -0.25) is 0 Å². The molecule has 0 aliphatic rings. The minimum atomic E-state index is 0.529. The first-order valence-electron chi connectivity index (χ1n) is 4.83. The monoisotopic (exact) mass is 292 g/mol. The first-order chi connectivity index (χ1) is 7.27. The van der Waals surface area contributed by atoms with Crippen molar-refractivity contribution < 1.29 is 9.47 Å². The normalized spacial score (nSPS) is 10.3. The number of hydrogen-bond donors (Lipinski definition) is 0. The van der Waals surface area contributed by atoms with Crippen molar-refractivity contribution in [2.45, 2.75) is 12.3 Å². The van der Waals surface area contributed by atoms with Gasteiger partial charge in [-0.2, -0.15) is 0 Å². The summed E-state index contributed by atoms with van der Waals surface area (Å²) in [5.74, 6) is 0.709. The smallest absolute Gasteiger partial charge is 0.138 e. The van der Waals surface area contributed by atoms with Crippen LogP contribution in [0.2, 0.25) is 5.02 Å². The highest BCUT2D eigenvalue weighted by Crippen LogP contribution is 2.26. The fourth-order valence-corrected chi connectivity index (χ4v) is 1.71. The van der Waals surface area contributed by atoms with Gasteiger partial charge in [-0.1, -0.05) is 33.6 Å². The van der Waals surface area contributed by atoms with E-state index in [0.29, 0.717) is 30.6 Å². The number of alkyl halides is 1. The third-order valence-electron chi connectivity index (χ3n) is 1.84. The van der Waals surface area contributed by atoms with Gasteiger partial charge in [0.1, 0.15) is 12.4 Å². The van der Waals surface area contributed by atoms with Crippen molar-refractivity contribution in [3.63, 3.8) is 0 Å². The van der Waals surface area contributed by atoms with Crippen molar-refractivity contribution in [2.24, 2.45) is 0 Å². The average Bonchev–Trinajstić information content (AvgIpc) is 2.26. The molecule has 0 aromatic heterocycles. The van der Waals surface area contributed by atoms with Crippen LogP contribution in [-0.4, -0.2) is 19.8 Å². The first kappa shape index (κ1) is 12.8. The standard InChI is InChI=1S/C11H14BrClO2/c1-2-14-5-6-15-11-4-3-9(8-12)7-10(11)13/h3-4,7H,2,5-6,8H2,1H3. The molecule has 0 radical (unpaired) electrons. The molecule has 4 heteroatoms. The van der Waals surface area contributed by atoms with Crippen LogP contribution in [0.3, 0.4) is 0 Å². The zero-order chi connectivity index (χ0) is 11.1. The van der Waals surface area contributed by atoms with Crippen molar-refractivity contribution in [1.29, 1.82) is 0 Å². The third-order valence-corrected chi connectivity index (χ3v) is 2.78. The summed E-state index contributed by atoms with van der Waals surface area (Å²) in [6.45, 7) is 3.78. The number of halogens is 2. The highest BCUT2D eigenvalue weighted by atomic mass is 79.9. The maximum Gasteiger partial charge on any atom is 0.138 e. The lowest BCUT2D eigenvalue weighted by molar-refractivity contribution is 0.110. The summed E-state index contributed by atoms with van der Waals surface area (Å²) in [7, 11) is 0. The zero-order valence-corrected chi connectivity index (χ0v) is 11.0. The Kier molecular flexibility index (Phi) is 6.06. The van der Waals surface area contributed by atoms with Gasteiger partial charge in [0.15, 0.2) is 0 Å². The van der Waals surface area contributed by atoms with Gasteiger partial charge in [0.2, 0.25) is 0 Å². The van der Waals surface area contributed by atoms with E-state index in [1.54, 1.807) is 0 Å². The number of hydrogen-bond acceptors (Lipinski definition) is 2. The van der Waals surface area contributed by atoms with Crippen molar-refractivity contribution in [2.75, 3.05) is 19.8 Å². The second-order valence-electron chi connectivity index (χ2n) is 2.94. The molecule has 0 aliphatic heterocycles.